The number of quaternary nitrogens is 2. The average Bonchev–Trinajstić information content (AvgIpc) is 2.07. The first-order valence-electron chi connectivity index (χ1n) is 6.28. The van der Waals surface area contributed by atoms with Gasteiger partial charge in [-0.15, -0.1) is 0 Å². The van der Waals surface area contributed by atoms with Crippen molar-refractivity contribution in [2.75, 3.05) is 62.5 Å². The first-order chi connectivity index (χ1) is 7.14. The number of ether oxygens (including phenoxy) is 1. The van der Waals surface area contributed by atoms with E-state index in [4.69, 9.17) is 4.74 Å². The van der Waals surface area contributed by atoms with Crippen LogP contribution < -0.4 is 48.0 Å². The summed E-state index contributed by atoms with van der Waals surface area (Å²) in [6.07, 6.45) is 4.03. The van der Waals surface area contributed by atoms with E-state index in [1.165, 1.54) is 25.9 Å². The van der Waals surface area contributed by atoms with E-state index in [1.807, 2.05) is 7.11 Å². The van der Waals surface area contributed by atoms with Crippen molar-refractivity contribution in [3.05, 3.63) is 0 Å². The normalized spacial score (nSPS) is 13.5. The Bertz CT molecular complexity index is 188. The van der Waals surface area contributed by atoms with Gasteiger partial charge >= 0.3 is 0 Å². The molecule has 0 radical (unpaired) electrons. The fourth-order valence-electron chi connectivity index (χ4n) is 1.70. The van der Waals surface area contributed by atoms with Crippen LogP contribution in [0.5, 0.6) is 0 Å². The van der Waals surface area contributed by atoms with Crippen LogP contribution in [-0.2, 0) is 4.74 Å². The van der Waals surface area contributed by atoms with Gasteiger partial charge < -0.3 is 61.7 Å². The molecule has 3 nitrogen and oxygen atoms in total. The standard InChI is InChI=1S/C13H32N2O.2HI/c1-14(2,3)11-8-9-13(16-7)10-12-15(4,5)6;;/h13H,8-12H2,1-7H3;2*1H/q+2;;/p-2. The minimum atomic E-state index is 0. The largest absolute Gasteiger partial charge is 1.00 e. The van der Waals surface area contributed by atoms with E-state index in [0.717, 1.165) is 15.4 Å². The lowest BCUT2D eigenvalue weighted by atomic mass is 10.1. The number of halogens is 2. The van der Waals surface area contributed by atoms with Gasteiger partial charge in [-0.25, -0.2) is 0 Å². The Morgan fingerprint density at radius 2 is 1.22 bits per heavy atom. The molecular weight excluding hydrogens is 454 g/mol. The van der Waals surface area contributed by atoms with Gasteiger partial charge in [0.25, 0.3) is 0 Å². The summed E-state index contributed by atoms with van der Waals surface area (Å²) in [7, 11) is 15.3. The van der Waals surface area contributed by atoms with Crippen molar-refractivity contribution < 1.29 is 61.7 Å². The van der Waals surface area contributed by atoms with Gasteiger partial charge in [0, 0.05) is 13.5 Å². The zero-order chi connectivity index (χ0) is 12.8. The molecule has 0 aliphatic carbocycles. The molecule has 0 bridgehead atoms. The highest BCUT2D eigenvalue weighted by Crippen LogP contribution is 2.09. The smallest absolute Gasteiger partial charge is 0.0805 e. The zero-order valence-corrected chi connectivity index (χ0v) is 17.5. The van der Waals surface area contributed by atoms with E-state index in [2.05, 4.69) is 42.3 Å². The molecule has 18 heavy (non-hydrogen) atoms. The SMILES string of the molecule is COC(CCC[N+](C)(C)C)CC[N+](C)(C)C.[I-].[I-]. The highest BCUT2D eigenvalue weighted by Gasteiger charge is 2.15. The predicted octanol–water partition coefficient (Wildman–Crippen LogP) is -4.41. The van der Waals surface area contributed by atoms with E-state index >= 15 is 0 Å². The second-order valence-corrected chi connectivity index (χ2v) is 6.82. The molecule has 0 saturated carbocycles. The predicted molar refractivity (Wildman–Crippen MR) is 70.4 cm³/mol. The Morgan fingerprint density at radius 3 is 1.56 bits per heavy atom. The zero-order valence-electron chi connectivity index (χ0n) is 13.2. The molecule has 0 aliphatic heterocycles. The quantitative estimate of drug-likeness (QED) is 0.249. The molecule has 0 aromatic carbocycles. The first kappa shape index (κ1) is 24.4. The lowest BCUT2D eigenvalue weighted by molar-refractivity contribution is -0.871. The highest BCUT2D eigenvalue weighted by molar-refractivity contribution is 4.57. The van der Waals surface area contributed by atoms with Crippen LogP contribution >= 0.6 is 0 Å². The van der Waals surface area contributed by atoms with Crippen LogP contribution in [0.25, 0.3) is 0 Å². The number of hydrogen-bond acceptors (Lipinski definition) is 1. The fraction of sp³-hybridized carbons (Fsp3) is 1.00. The topological polar surface area (TPSA) is 9.23 Å². The third kappa shape index (κ3) is 17.3. The summed E-state index contributed by atoms with van der Waals surface area (Å²) in [4.78, 5) is 0. The maximum atomic E-state index is 5.54. The van der Waals surface area contributed by atoms with Crippen LogP contribution in [0.15, 0.2) is 0 Å². The molecule has 5 heteroatoms. The van der Waals surface area contributed by atoms with Crippen LogP contribution in [0.4, 0.5) is 0 Å². The second kappa shape index (κ2) is 11.0. The second-order valence-electron chi connectivity index (χ2n) is 6.82. The first-order valence-corrected chi connectivity index (χ1v) is 6.28. The molecular formula is C13H32I2N2O. The van der Waals surface area contributed by atoms with Crippen molar-refractivity contribution in [1.82, 2.24) is 0 Å². The molecule has 0 rings (SSSR count). The van der Waals surface area contributed by atoms with Gasteiger partial charge in [-0.3, -0.25) is 0 Å². The van der Waals surface area contributed by atoms with Crippen LogP contribution in [0.1, 0.15) is 19.3 Å². The molecule has 0 fully saturated rings. The lowest BCUT2D eigenvalue weighted by Crippen LogP contribution is -3.00. The molecule has 0 amide bonds. The van der Waals surface area contributed by atoms with Crippen LogP contribution in [0, 0.1) is 0 Å². The van der Waals surface area contributed by atoms with E-state index in [9.17, 15) is 0 Å². The minimum Gasteiger partial charge on any atom is -1.00 e. The van der Waals surface area contributed by atoms with Crippen LogP contribution in [-0.4, -0.2) is 77.6 Å². The monoisotopic (exact) mass is 486 g/mol. The van der Waals surface area contributed by atoms with Gasteiger partial charge in [0.15, 0.2) is 0 Å². The summed E-state index contributed by atoms with van der Waals surface area (Å²) >= 11 is 0. The molecule has 114 valence electrons. The summed E-state index contributed by atoms with van der Waals surface area (Å²) < 4.78 is 7.61. The summed E-state index contributed by atoms with van der Waals surface area (Å²) in [6.45, 7) is 2.41. The minimum absolute atomic E-state index is 0. The van der Waals surface area contributed by atoms with Gasteiger partial charge in [-0.05, 0) is 12.8 Å². The summed E-state index contributed by atoms with van der Waals surface area (Å²) in [6, 6.07) is 0. The van der Waals surface area contributed by atoms with Crippen molar-refractivity contribution in [3.63, 3.8) is 0 Å². The van der Waals surface area contributed by atoms with E-state index in [0.29, 0.717) is 6.10 Å². The van der Waals surface area contributed by atoms with Crippen molar-refractivity contribution in [1.29, 1.82) is 0 Å². The highest BCUT2D eigenvalue weighted by atomic mass is 127. The van der Waals surface area contributed by atoms with Gasteiger partial charge in [-0.1, -0.05) is 0 Å². The lowest BCUT2D eigenvalue weighted by Gasteiger charge is -2.27. The maximum absolute atomic E-state index is 5.54. The molecule has 0 aromatic heterocycles. The van der Waals surface area contributed by atoms with Crippen molar-refractivity contribution >= 4 is 0 Å². The number of methoxy groups -OCH3 is 1. The third-order valence-electron chi connectivity index (χ3n) is 2.81. The van der Waals surface area contributed by atoms with Gasteiger partial charge in [0.05, 0.1) is 61.5 Å². The molecule has 0 heterocycles. The van der Waals surface area contributed by atoms with E-state index in [1.54, 1.807) is 0 Å². The molecule has 1 unspecified atom stereocenters. The molecule has 0 N–H and O–H groups in total. The van der Waals surface area contributed by atoms with Gasteiger partial charge in [0.1, 0.15) is 0 Å². The molecule has 0 aliphatic rings. The Hall–Kier alpha value is 1.34. The Balaban J connectivity index is -0.00000112. The molecule has 0 spiro atoms. The van der Waals surface area contributed by atoms with Crippen molar-refractivity contribution in [3.8, 4) is 0 Å². The Kier molecular flexibility index (Phi) is 15.0. The van der Waals surface area contributed by atoms with Crippen molar-refractivity contribution in [2.45, 2.75) is 25.4 Å². The third-order valence-corrected chi connectivity index (χ3v) is 2.81. The maximum Gasteiger partial charge on any atom is 0.0805 e. The summed E-state index contributed by atoms with van der Waals surface area (Å²) in [5.74, 6) is 0. The van der Waals surface area contributed by atoms with Gasteiger partial charge in [-0.2, -0.15) is 0 Å². The van der Waals surface area contributed by atoms with Crippen molar-refractivity contribution in [2.24, 2.45) is 0 Å². The Morgan fingerprint density at radius 1 is 0.778 bits per heavy atom. The van der Waals surface area contributed by atoms with Gasteiger partial charge in [0.2, 0.25) is 0 Å². The summed E-state index contributed by atoms with van der Waals surface area (Å²) in [5, 5.41) is 0. The van der Waals surface area contributed by atoms with Crippen LogP contribution in [0.2, 0.25) is 0 Å². The Labute approximate surface area is 148 Å². The molecule has 0 aromatic rings. The fourth-order valence-corrected chi connectivity index (χ4v) is 1.70. The van der Waals surface area contributed by atoms with E-state index in [-0.39, 0.29) is 48.0 Å². The average molecular weight is 486 g/mol. The number of rotatable bonds is 8. The molecule has 1 atom stereocenters. The van der Waals surface area contributed by atoms with E-state index < -0.39 is 0 Å². The van der Waals surface area contributed by atoms with Crippen LogP contribution in [0.3, 0.4) is 0 Å². The number of hydrogen-bond donors (Lipinski definition) is 0. The molecule has 0 saturated heterocycles. The summed E-state index contributed by atoms with van der Waals surface area (Å²) in [5.41, 5.74) is 0. The number of nitrogens with zero attached hydrogens (tertiary/aromatic N) is 2.